The molecule has 3 rings (SSSR count). The average molecular weight is 413 g/mol. The van der Waals surface area contributed by atoms with Crippen molar-refractivity contribution in [3.05, 3.63) is 41.8 Å². The lowest BCUT2D eigenvalue weighted by atomic mass is 10.3. The largest absolute Gasteiger partial charge is 0.322 e. The predicted octanol–water partition coefficient (Wildman–Crippen LogP) is 2.42. The van der Waals surface area contributed by atoms with Crippen molar-refractivity contribution in [3.63, 3.8) is 0 Å². The molecule has 7 nitrogen and oxygen atoms in total. The van der Waals surface area contributed by atoms with Gasteiger partial charge in [0.2, 0.25) is 5.03 Å². The Hall–Kier alpha value is -1.91. The number of carbonyl (C=O) groups excluding carboxylic acids is 1. The summed E-state index contributed by atoms with van der Waals surface area (Å²) in [7, 11) is -3.87. The highest BCUT2D eigenvalue weighted by Crippen LogP contribution is 2.23. The second kappa shape index (κ2) is 8.41. The van der Waals surface area contributed by atoms with Gasteiger partial charge in [0.15, 0.2) is 0 Å². The van der Waals surface area contributed by atoms with Gasteiger partial charge in [0, 0.05) is 43.0 Å². The predicted molar refractivity (Wildman–Crippen MR) is 103 cm³/mol. The van der Waals surface area contributed by atoms with Gasteiger partial charge in [-0.05, 0) is 30.7 Å². The van der Waals surface area contributed by atoms with Crippen molar-refractivity contribution < 1.29 is 17.6 Å². The summed E-state index contributed by atoms with van der Waals surface area (Å²) in [5.41, 5.74) is 0.369. The normalized spacial score (nSPS) is 15.6. The maximum absolute atomic E-state index is 13.0. The second-order valence-corrected chi connectivity index (χ2v) is 9.17. The molecule has 10 heteroatoms. The number of aromatic nitrogens is 2. The lowest BCUT2D eigenvalue weighted by Crippen LogP contribution is -2.38. The van der Waals surface area contributed by atoms with Gasteiger partial charge in [-0.2, -0.15) is 21.2 Å². The third-order valence-electron chi connectivity index (χ3n) is 4.08. The smallest absolute Gasteiger partial charge is 0.263 e. The Morgan fingerprint density at radius 3 is 2.56 bits per heavy atom. The van der Waals surface area contributed by atoms with Crippen molar-refractivity contribution in [3.8, 4) is 0 Å². The highest BCUT2D eigenvalue weighted by molar-refractivity contribution is 7.99. The van der Waals surface area contributed by atoms with E-state index in [2.05, 4.69) is 10.4 Å². The van der Waals surface area contributed by atoms with Crippen LogP contribution in [0.1, 0.15) is 23.7 Å². The number of amides is 1. The third-order valence-corrected chi connectivity index (χ3v) is 6.86. The molecule has 0 aliphatic carbocycles. The van der Waals surface area contributed by atoms with Crippen molar-refractivity contribution >= 4 is 33.4 Å². The Balaban J connectivity index is 1.93. The molecule has 1 aliphatic heterocycles. The molecule has 27 heavy (non-hydrogen) atoms. The Bertz CT molecular complexity index is 907. The maximum atomic E-state index is 13.0. The van der Waals surface area contributed by atoms with E-state index in [-0.39, 0.29) is 10.6 Å². The number of benzene rings is 1. The van der Waals surface area contributed by atoms with Crippen LogP contribution in [0, 0.1) is 5.82 Å². The zero-order chi connectivity index (χ0) is 19.4. The number of hydrogen-bond donors (Lipinski definition) is 1. The first-order valence-electron chi connectivity index (χ1n) is 8.64. The molecule has 1 saturated heterocycles. The minimum atomic E-state index is -3.87. The standard InChI is InChI=1S/C17H21FN4O3S2/c1-2-7-21-12-15(16(23)19-14-5-3-13(18)4-6-14)17(20-21)27(24,25)22-8-10-26-11-9-22/h3-6,12H,2,7-11H2,1H3,(H,19,23). The van der Waals surface area contributed by atoms with Gasteiger partial charge >= 0.3 is 0 Å². The van der Waals surface area contributed by atoms with Crippen LogP contribution in [-0.4, -0.2) is 53.0 Å². The third kappa shape index (κ3) is 4.50. The van der Waals surface area contributed by atoms with Crippen LogP contribution >= 0.6 is 11.8 Å². The van der Waals surface area contributed by atoms with Crippen LogP contribution in [0.2, 0.25) is 0 Å². The number of aryl methyl sites for hydroxylation is 1. The Labute approximate surface area is 162 Å². The summed E-state index contributed by atoms with van der Waals surface area (Å²) in [5.74, 6) is 0.418. The Morgan fingerprint density at radius 1 is 1.26 bits per heavy atom. The molecule has 0 bridgehead atoms. The number of hydrogen-bond acceptors (Lipinski definition) is 5. The SMILES string of the molecule is CCCn1cc(C(=O)Nc2ccc(F)cc2)c(S(=O)(=O)N2CCSCC2)n1. The summed E-state index contributed by atoms with van der Waals surface area (Å²) in [6, 6.07) is 5.28. The fourth-order valence-corrected chi connectivity index (χ4v) is 5.41. The van der Waals surface area contributed by atoms with Gasteiger partial charge in [0.25, 0.3) is 15.9 Å². The molecule has 1 aliphatic rings. The molecule has 1 N–H and O–H groups in total. The summed E-state index contributed by atoms with van der Waals surface area (Å²) in [5, 5.41) is 6.56. The van der Waals surface area contributed by atoms with Crippen molar-refractivity contribution in [2.75, 3.05) is 29.9 Å². The number of anilines is 1. The van der Waals surface area contributed by atoms with Gasteiger partial charge in [0.1, 0.15) is 5.82 Å². The Kier molecular flexibility index (Phi) is 6.18. The number of carbonyl (C=O) groups is 1. The Morgan fingerprint density at radius 2 is 1.93 bits per heavy atom. The van der Waals surface area contributed by atoms with Gasteiger partial charge in [-0.1, -0.05) is 6.92 Å². The van der Waals surface area contributed by atoms with E-state index >= 15 is 0 Å². The topological polar surface area (TPSA) is 84.3 Å². The number of thioether (sulfide) groups is 1. The monoisotopic (exact) mass is 412 g/mol. The molecule has 2 heterocycles. The van der Waals surface area contributed by atoms with Crippen LogP contribution in [-0.2, 0) is 16.6 Å². The number of sulfonamides is 1. The maximum Gasteiger partial charge on any atom is 0.263 e. The number of rotatable bonds is 6. The van der Waals surface area contributed by atoms with E-state index in [0.29, 0.717) is 36.8 Å². The van der Waals surface area contributed by atoms with Crippen LogP contribution in [0.15, 0.2) is 35.5 Å². The lowest BCUT2D eigenvalue weighted by molar-refractivity contribution is 0.102. The van der Waals surface area contributed by atoms with Crippen LogP contribution in [0.3, 0.4) is 0 Å². The molecule has 0 radical (unpaired) electrons. The zero-order valence-electron chi connectivity index (χ0n) is 14.9. The molecular weight excluding hydrogens is 391 g/mol. The molecule has 0 atom stereocenters. The van der Waals surface area contributed by atoms with Gasteiger partial charge in [-0.3, -0.25) is 9.48 Å². The van der Waals surface area contributed by atoms with Crippen LogP contribution in [0.4, 0.5) is 10.1 Å². The summed E-state index contributed by atoms with van der Waals surface area (Å²) in [6.07, 6.45) is 2.20. The van der Waals surface area contributed by atoms with E-state index in [4.69, 9.17) is 0 Å². The van der Waals surface area contributed by atoms with Gasteiger partial charge in [0.05, 0.1) is 5.56 Å². The summed E-state index contributed by atoms with van der Waals surface area (Å²) >= 11 is 1.70. The van der Waals surface area contributed by atoms with E-state index in [0.717, 1.165) is 6.42 Å². The van der Waals surface area contributed by atoms with E-state index in [1.807, 2.05) is 6.92 Å². The van der Waals surface area contributed by atoms with E-state index < -0.39 is 21.7 Å². The average Bonchev–Trinajstić information content (AvgIpc) is 3.10. The quantitative estimate of drug-likeness (QED) is 0.788. The van der Waals surface area contributed by atoms with Gasteiger partial charge < -0.3 is 5.32 Å². The highest BCUT2D eigenvalue weighted by Gasteiger charge is 2.33. The van der Waals surface area contributed by atoms with Crippen molar-refractivity contribution in [1.29, 1.82) is 0 Å². The number of nitrogens with zero attached hydrogens (tertiary/aromatic N) is 3. The van der Waals surface area contributed by atoms with Crippen LogP contribution in [0.25, 0.3) is 0 Å². The minimum Gasteiger partial charge on any atom is -0.322 e. The zero-order valence-corrected chi connectivity index (χ0v) is 16.5. The van der Waals surface area contributed by atoms with Gasteiger partial charge in [-0.15, -0.1) is 0 Å². The first kappa shape index (κ1) is 19.8. The summed E-state index contributed by atoms with van der Waals surface area (Å²) < 4.78 is 42.0. The first-order chi connectivity index (χ1) is 12.9. The van der Waals surface area contributed by atoms with Crippen molar-refractivity contribution in [2.45, 2.75) is 24.9 Å². The van der Waals surface area contributed by atoms with Crippen LogP contribution < -0.4 is 5.32 Å². The van der Waals surface area contributed by atoms with Crippen molar-refractivity contribution in [1.82, 2.24) is 14.1 Å². The molecule has 1 aromatic carbocycles. The summed E-state index contributed by atoms with van der Waals surface area (Å²) in [6.45, 7) is 3.23. The highest BCUT2D eigenvalue weighted by atomic mass is 32.2. The lowest BCUT2D eigenvalue weighted by Gasteiger charge is -2.24. The minimum absolute atomic E-state index is 0.00833. The molecule has 1 amide bonds. The van der Waals surface area contributed by atoms with Gasteiger partial charge in [-0.25, -0.2) is 12.8 Å². The van der Waals surface area contributed by atoms with E-state index in [9.17, 15) is 17.6 Å². The molecule has 1 fully saturated rings. The fourth-order valence-electron chi connectivity index (χ4n) is 2.73. The van der Waals surface area contributed by atoms with Crippen molar-refractivity contribution in [2.24, 2.45) is 0 Å². The molecule has 2 aromatic rings. The van der Waals surface area contributed by atoms with E-state index in [1.165, 1.54) is 39.4 Å². The summed E-state index contributed by atoms with van der Waals surface area (Å²) in [4.78, 5) is 12.7. The molecule has 1 aromatic heterocycles. The first-order valence-corrected chi connectivity index (χ1v) is 11.2. The fraction of sp³-hybridized carbons (Fsp3) is 0.412. The molecule has 146 valence electrons. The number of halogens is 1. The second-order valence-electron chi connectivity index (χ2n) is 6.09. The molecule has 0 spiro atoms. The van der Waals surface area contributed by atoms with Crippen LogP contribution in [0.5, 0.6) is 0 Å². The molecule has 0 unspecified atom stereocenters. The number of nitrogens with one attached hydrogen (secondary N) is 1. The molecular formula is C17H21FN4O3S2. The molecule has 0 saturated carbocycles. The van der Waals surface area contributed by atoms with E-state index in [1.54, 1.807) is 11.8 Å².